The number of nitrogens with two attached hydrogens (primary N) is 1. The highest BCUT2D eigenvalue weighted by atomic mass is 16.5. The molecule has 1 amide bonds. The summed E-state index contributed by atoms with van der Waals surface area (Å²) in [5, 5.41) is 3.01. The molecule has 16 heavy (non-hydrogen) atoms. The lowest BCUT2D eigenvalue weighted by Crippen LogP contribution is -2.68. The van der Waals surface area contributed by atoms with Crippen LogP contribution in [-0.4, -0.2) is 30.7 Å². The van der Waals surface area contributed by atoms with Crippen molar-refractivity contribution < 1.29 is 9.53 Å². The summed E-state index contributed by atoms with van der Waals surface area (Å²) in [5.41, 5.74) is 6.02. The molecule has 2 rings (SSSR count). The molecule has 4 atom stereocenters. The highest BCUT2D eigenvalue weighted by Gasteiger charge is 2.52. The minimum Gasteiger partial charge on any atom is -0.376 e. The van der Waals surface area contributed by atoms with Crippen LogP contribution in [0, 0.1) is 5.92 Å². The van der Waals surface area contributed by atoms with Gasteiger partial charge in [0.2, 0.25) is 5.91 Å². The number of carbonyl (C=O) groups excluding carboxylic acids is 1. The number of carbonyl (C=O) groups is 1. The lowest BCUT2D eigenvalue weighted by molar-refractivity contribution is -0.125. The fourth-order valence-electron chi connectivity index (χ4n) is 2.72. The van der Waals surface area contributed by atoms with Crippen molar-refractivity contribution in [2.45, 2.75) is 57.2 Å². The molecule has 0 radical (unpaired) electrons. The van der Waals surface area contributed by atoms with Crippen molar-refractivity contribution in [3.63, 3.8) is 0 Å². The Balaban J connectivity index is 1.71. The van der Waals surface area contributed by atoms with Crippen LogP contribution in [0.15, 0.2) is 0 Å². The lowest BCUT2D eigenvalue weighted by atomic mass is 9.72. The van der Waals surface area contributed by atoms with Crippen LogP contribution in [0.2, 0.25) is 0 Å². The van der Waals surface area contributed by atoms with E-state index in [1.807, 2.05) is 0 Å². The molecule has 1 heterocycles. The highest BCUT2D eigenvalue weighted by Crippen LogP contribution is 2.37. The first-order valence-corrected chi connectivity index (χ1v) is 6.40. The molecule has 4 nitrogen and oxygen atoms in total. The monoisotopic (exact) mass is 226 g/mol. The second-order valence-electron chi connectivity index (χ2n) is 4.92. The second kappa shape index (κ2) is 5.15. The van der Waals surface area contributed by atoms with Gasteiger partial charge in [-0.05, 0) is 12.8 Å². The average molecular weight is 226 g/mol. The third-order valence-corrected chi connectivity index (χ3v) is 3.78. The van der Waals surface area contributed by atoms with E-state index in [9.17, 15) is 4.79 Å². The Morgan fingerprint density at radius 1 is 1.50 bits per heavy atom. The molecule has 2 fully saturated rings. The summed E-state index contributed by atoms with van der Waals surface area (Å²) in [4.78, 5) is 11.6. The van der Waals surface area contributed by atoms with Crippen molar-refractivity contribution in [2.24, 2.45) is 11.7 Å². The summed E-state index contributed by atoms with van der Waals surface area (Å²) in [6.07, 6.45) is 5.09. The van der Waals surface area contributed by atoms with Crippen molar-refractivity contribution in [1.29, 1.82) is 0 Å². The first-order valence-electron chi connectivity index (χ1n) is 6.40. The van der Waals surface area contributed by atoms with Gasteiger partial charge in [-0.1, -0.05) is 19.8 Å². The zero-order valence-electron chi connectivity index (χ0n) is 9.95. The van der Waals surface area contributed by atoms with Gasteiger partial charge in [0.1, 0.15) is 0 Å². The smallest absolute Gasteiger partial charge is 0.220 e. The first-order chi connectivity index (χ1) is 7.74. The minimum atomic E-state index is 0.0571. The Morgan fingerprint density at radius 2 is 2.31 bits per heavy atom. The van der Waals surface area contributed by atoms with E-state index in [2.05, 4.69) is 12.2 Å². The van der Waals surface area contributed by atoms with E-state index < -0.39 is 0 Å². The molecule has 1 aliphatic carbocycles. The molecule has 1 saturated heterocycles. The number of hydrogen-bond donors (Lipinski definition) is 2. The maximum atomic E-state index is 11.6. The largest absolute Gasteiger partial charge is 0.376 e. The van der Waals surface area contributed by atoms with Gasteiger partial charge in [0.15, 0.2) is 0 Å². The highest BCUT2D eigenvalue weighted by molar-refractivity contribution is 5.76. The van der Waals surface area contributed by atoms with Gasteiger partial charge in [-0.2, -0.15) is 0 Å². The van der Waals surface area contributed by atoms with Crippen molar-refractivity contribution in [2.75, 3.05) is 6.61 Å². The van der Waals surface area contributed by atoms with Gasteiger partial charge in [-0.3, -0.25) is 4.79 Å². The Bertz CT molecular complexity index is 257. The fourth-order valence-corrected chi connectivity index (χ4v) is 2.72. The average Bonchev–Trinajstić information content (AvgIpc) is 2.71. The summed E-state index contributed by atoms with van der Waals surface area (Å²) in [7, 11) is 0. The topological polar surface area (TPSA) is 64.4 Å². The molecule has 0 bridgehead atoms. The van der Waals surface area contributed by atoms with E-state index in [-0.39, 0.29) is 24.1 Å². The van der Waals surface area contributed by atoms with Gasteiger partial charge in [-0.25, -0.2) is 0 Å². The molecular weight excluding hydrogens is 204 g/mol. The third-order valence-electron chi connectivity index (χ3n) is 3.78. The molecule has 1 saturated carbocycles. The zero-order valence-corrected chi connectivity index (χ0v) is 9.95. The molecule has 3 N–H and O–H groups in total. The molecule has 4 unspecified atom stereocenters. The van der Waals surface area contributed by atoms with Crippen LogP contribution in [-0.2, 0) is 9.53 Å². The molecule has 1 aliphatic heterocycles. The minimum absolute atomic E-state index is 0.0571. The van der Waals surface area contributed by atoms with Crippen LogP contribution in [0.4, 0.5) is 0 Å². The number of amides is 1. The predicted octanol–water partition coefficient (Wildman–Crippen LogP) is 0.797. The van der Waals surface area contributed by atoms with Gasteiger partial charge >= 0.3 is 0 Å². The third kappa shape index (κ3) is 2.23. The van der Waals surface area contributed by atoms with Crippen molar-refractivity contribution in [3.8, 4) is 0 Å². The number of hydrogen-bond acceptors (Lipinski definition) is 3. The number of fused-ring (bicyclic) bond motifs is 1. The normalized spacial score (nSPS) is 36.6. The Hall–Kier alpha value is -0.610. The van der Waals surface area contributed by atoms with E-state index in [0.717, 1.165) is 32.3 Å². The van der Waals surface area contributed by atoms with E-state index in [0.29, 0.717) is 12.3 Å². The molecule has 0 aromatic rings. The maximum Gasteiger partial charge on any atom is 0.220 e. The second-order valence-corrected chi connectivity index (χ2v) is 4.92. The Kier molecular flexibility index (Phi) is 3.82. The van der Waals surface area contributed by atoms with Crippen LogP contribution in [0.3, 0.4) is 0 Å². The van der Waals surface area contributed by atoms with Crippen LogP contribution < -0.4 is 11.1 Å². The van der Waals surface area contributed by atoms with Crippen molar-refractivity contribution in [3.05, 3.63) is 0 Å². The molecule has 0 aromatic heterocycles. The van der Waals surface area contributed by atoms with Gasteiger partial charge in [-0.15, -0.1) is 0 Å². The van der Waals surface area contributed by atoms with E-state index in [1.54, 1.807) is 0 Å². The maximum absolute atomic E-state index is 11.6. The SMILES string of the molecule is CCCCCC(=O)NC1C(N)C2CCOC21. The van der Waals surface area contributed by atoms with Crippen LogP contribution in [0.25, 0.3) is 0 Å². The molecule has 0 aromatic carbocycles. The summed E-state index contributed by atoms with van der Waals surface area (Å²) in [6, 6.07) is 0.157. The van der Waals surface area contributed by atoms with Crippen LogP contribution >= 0.6 is 0 Å². The molecular formula is C12H22N2O2. The van der Waals surface area contributed by atoms with Gasteiger partial charge in [0.25, 0.3) is 0 Å². The summed E-state index contributed by atoms with van der Waals surface area (Å²) >= 11 is 0. The Morgan fingerprint density at radius 3 is 3.06 bits per heavy atom. The van der Waals surface area contributed by atoms with Crippen molar-refractivity contribution in [1.82, 2.24) is 5.32 Å². The van der Waals surface area contributed by atoms with E-state index in [4.69, 9.17) is 10.5 Å². The van der Waals surface area contributed by atoms with Gasteiger partial charge < -0.3 is 15.8 Å². The molecule has 92 valence electrons. The molecule has 0 spiro atoms. The number of nitrogens with one attached hydrogen (secondary N) is 1. The quantitative estimate of drug-likeness (QED) is 0.681. The summed E-state index contributed by atoms with van der Waals surface area (Å²) < 4.78 is 5.57. The van der Waals surface area contributed by atoms with Crippen LogP contribution in [0.1, 0.15) is 39.0 Å². The standard InChI is InChI=1S/C12H22N2O2/c1-2-3-4-5-9(15)14-11-10(13)8-6-7-16-12(8)11/h8,10-12H,2-7,13H2,1H3,(H,14,15). The van der Waals surface area contributed by atoms with Crippen molar-refractivity contribution >= 4 is 5.91 Å². The molecule has 2 aliphatic rings. The predicted molar refractivity (Wildman–Crippen MR) is 61.9 cm³/mol. The summed E-state index contributed by atoms with van der Waals surface area (Å²) in [5.74, 6) is 0.601. The number of rotatable bonds is 5. The van der Waals surface area contributed by atoms with Gasteiger partial charge in [0, 0.05) is 25.0 Å². The summed E-state index contributed by atoms with van der Waals surface area (Å²) in [6.45, 7) is 2.93. The van der Waals surface area contributed by atoms with Crippen LogP contribution in [0.5, 0.6) is 0 Å². The number of unbranched alkanes of at least 4 members (excludes halogenated alkanes) is 2. The first kappa shape index (κ1) is 11.9. The Labute approximate surface area is 96.9 Å². The zero-order chi connectivity index (χ0) is 11.5. The fraction of sp³-hybridized carbons (Fsp3) is 0.917. The van der Waals surface area contributed by atoms with E-state index in [1.165, 1.54) is 0 Å². The van der Waals surface area contributed by atoms with E-state index >= 15 is 0 Å². The lowest BCUT2D eigenvalue weighted by Gasteiger charge is -2.45. The number of ether oxygens (including phenoxy) is 1. The molecule has 4 heteroatoms. The van der Waals surface area contributed by atoms with Gasteiger partial charge in [0.05, 0.1) is 12.1 Å².